The van der Waals surface area contributed by atoms with Gasteiger partial charge >= 0.3 is 5.97 Å². The molecule has 8 nitrogen and oxygen atoms in total. The van der Waals surface area contributed by atoms with Crippen LogP contribution in [0.15, 0.2) is 36.5 Å². The molecule has 26 heavy (non-hydrogen) atoms. The lowest BCUT2D eigenvalue weighted by Crippen LogP contribution is -2.31. The van der Waals surface area contributed by atoms with Gasteiger partial charge in [0.1, 0.15) is 0 Å². The first-order chi connectivity index (χ1) is 12.4. The van der Waals surface area contributed by atoms with Crippen LogP contribution in [0.25, 0.3) is 5.78 Å². The average molecular weight is 374 g/mol. The Morgan fingerprint density at radius 1 is 1.35 bits per heavy atom. The van der Waals surface area contributed by atoms with E-state index < -0.39 is 18.5 Å². The van der Waals surface area contributed by atoms with Gasteiger partial charge in [0.25, 0.3) is 17.5 Å². The SMILES string of the molecule is Cc1ccnc2nc(C(=O)OCC(=O)N[C@H](C)c3cccc(Cl)c3)nn12. The minimum Gasteiger partial charge on any atom is -0.450 e. The van der Waals surface area contributed by atoms with E-state index in [0.717, 1.165) is 11.3 Å². The topological polar surface area (TPSA) is 98.5 Å². The molecular formula is C17H16ClN5O3. The predicted octanol–water partition coefficient (Wildman–Crippen LogP) is 2.12. The van der Waals surface area contributed by atoms with Crippen LogP contribution in [-0.4, -0.2) is 38.1 Å². The number of hydrogen-bond acceptors (Lipinski definition) is 6. The number of fused-ring (bicyclic) bond motifs is 1. The molecule has 0 aliphatic heterocycles. The fourth-order valence-electron chi connectivity index (χ4n) is 2.33. The number of hydrogen-bond donors (Lipinski definition) is 1. The summed E-state index contributed by atoms with van der Waals surface area (Å²) >= 11 is 5.94. The molecule has 0 aliphatic rings. The first kappa shape index (κ1) is 17.8. The summed E-state index contributed by atoms with van der Waals surface area (Å²) in [6, 6.07) is 8.61. The van der Waals surface area contributed by atoms with Crippen LogP contribution >= 0.6 is 11.6 Å². The second kappa shape index (κ2) is 7.49. The van der Waals surface area contributed by atoms with Gasteiger partial charge in [-0.25, -0.2) is 14.3 Å². The lowest BCUT2D eigenvalue weighted by Gasteiger charge is -2.14. The predicted molar refractivity (Wildman–Crippen MR) is 93.8 cm³/mol. The van der Waals surface area contributed by atoms with Gasteiger partial charge in [-0.15, -0.1) is 5.10 Å². The van der Waals surface area contributed by atoms with E-state index in [-0.39, 0.29) is 17.6 Å². The van der Waals surface area contributed by atoms with Gasteiger partial charge in [-0.1, -0.05) is 23.7 Å². The molecule has 2 aromatic heterocycles. The van der Waals surface area contributed by atoms with Gasteiger partial charge in [0.2, 0.25) is 0 Å². The van der Waals surface area contributed by atoms with Crippen molar-refractivity contribution in [1.82, 2.24) is 24.9 Å². The van der Waals surface area contributed by atoms with Crippen molar-refractivity contribution in [3.8, 4) is 0 Å². The molecule has 1 N–H and O–H groups in total. The third-order valence-corrected chi connectivity index (χ3v) is 3.91. The number of nitrogens with zero attached hydrogens (tertiary/aromatic N) is 4. The number of ether oxygens (including phenoxy) is 1. The highest BCUT2D eigenvalue weighted by atomic mass is 35.5. The van der Waals surface area contributed by atoms with Crippen molar-refractivity contribution in [1.29, 1.82) is 0 Å². The van der Waals surface area contributed by atoms with E-state index in [1.807, 2.05) is 19.9 Å². The third-order valence-electron chi connectivity index (χ3n) is 3.67. The molecular weight excluding hydrogens is 358 g/mol. The van der Waals surface area contributed by atoms with Crippen molar-refractivity contribution < 1.29 is 14.3 Å². The Labute approximate surface area is 154 Å². The summed E-state index contributed by atoms with van der Waals surface area (Å²) in [5.74, 6) is -1.09. The Balaban J connectivity index is 1.58. The number of esters is 1. The van der Waals surface area contributed by atoms with Crippen LogP contribution < -0.4 is 5.32 Å². The number of aryl methyl sites for hydroxylation is 1. The van der Waals surface area contributed by atoms with Gasteiger partial charge in [-0.05, 0) is 37.6 Å². The second-order valence-corrected chi connectivity index (χ2v) is 6.09. The summed E-state index contributed by atoms with van der Waals surface area (Å²) in [6.45, 7) is 3.18. The van der Waals surface area contributed by atoms with Gasteiger partial charge in [0.05, 0.1) is 6.04 Å². The van der Waals surface area contributed by atoms with Crippen LogP contribution in [0.1, 0.15) is 34.8 Å². The summed E-state index contributed by atoms with van der Waals surface area (Å²) in [7, 11) is 0. The van der Waals surface area contributed by atoms with Crippen LogP contribution in [0.2, 0.25) is 5.02 Å². The molecule has 134 valence electrons. The number of amides is 1. The van der Waals surface area contributed by atoms with Gasteiger partial charge < -0.3 is 10.1 Å². The summed E-state index contributed by atoms with van der Waals surface area (Å²) in [4.78, 5) is 32.0. The molecule has 3 rings (SSSR count). The van der Waals surface area contributed by atoms with Crippen molar-refractivity contribution >= 4 is 29.3 Å². The lowest BCUT2D eigenvalue weighted by molar-refractivity contribution is -0.124. The molecule has 2 heterocycles. The van der Waals surface area contributed by atoms with E-state index in [0.29, 0.717) is 5.02 Å². The van der Waals surface area contributed by atoms with Crippen molar-refractivity contribution in [2.75, 3.05) is 6.61 Å². The number of carbonyl (C=O) groups is 2. The zero-order valence-electron chi connectivity index (χ0n) is 14.1. The Bertz CT molecular complexity index is 972. The minimum absolute atomic E-state index is 0.150. The number of benzene rings is 1. The summed E-state index contributed by atoms with van der Waals surface area (Å²) < 4.78 is 6.41. The Hall–Kier alpha value is -3.00. The highest BCUT2D eigenvalue weighted by Gasteiger charge is 2.18. The fourth-order valence-corrected chi connectivity index (χ4v) is 2.53. The molecule has 1 aromatic carbocycles. The quantitative estimate of drug-likeness (QED) is 0.688. The molecule has 0 saturated carbocycles. The minimum atomic E-state index is -0.791. The first-order valence-electron chi connectivity index (χ1n) is 7.84. The number of aromatic nitrogens is 4. The third kappa shape index (κ3) is 3.97. The van der Waals surface area contributed by atoms with Gasteiger partial charge in [0.15, 0.2) is 6.61 Å². The number of nitrogens with one attached hydrogen (secondary N) is 1. The fraction of sp³-hybridized carbons (Fsp3) is 0.235. The maximum Gasteiger partial charge on any atom is 0.378 e. The maximum absolute atomic E-state index is 12.0. The van der Waals surface area contributed by atoms with Crippen molar-refractivity contribution in [2.24, 2.45) is 0 Å². The van der Waals surface area contributed by atoms with Crippen LogP contribution in [0.5, 0.6) is 0 Å². The maximum atomic E-state index is 12.0. The zero-order chi connectivity index (χ0) is 18.7. The van der Waals surface area contributed by atoms with E-state index in [1.165, 1.54) is 4.52 Å². The average Bonchev–Trinajstić information content (AvgIpc) is 3.05. The normalized spacial score (nSPS) is 12.0. The Morgan fingerprint density at radius 2 is 2.15 bits per heavy atom. The van der Waals surface area contributed by atoms with Crippen molar-refractivity contribution in [3.05, 3.63) is 58.6 Å². The molecule has 0 bridgehead atoms. The smallest absolute Gasteiger partial charge is 0.378 e. The second-order valence-electron chi connectivity index (χ2n) is 5.65. The van der Waals surface area contributed by atoms with Gasteiger partial charge in [0, 0.05) is 16.9 Å². The molecule has 1 amide bonds. The van der Waals surface area contributed by atoms with Crippen LogP contribution in [0, 0.1) is 6.92 Å². The molecule has 0 spiro atoms. The van der Waals surface area contributed by atoms with E-state index in [4.69, 9.17) is 16.3 Å². The van der Waals surface area contributed by atoms with E-state index in [2.05, 4.69) is 20.4 Å². The Kier molecular flexibility index (Phi) is 5.13. The van der Waals surface area contributed by atoms with E-state index in [1.54, 1.807) is 30.5 Å². The molecule has 0 radical (unpaired) electrons. The molecule has 3 aromatic rings. The van der Waals surface area contributed by atoms with Gasteiger partial charge in [-0.2, -0.15) is 4.98 Å². The summed E-state index contributed by atoms with van der Waals surface area (Å²) in [5, 5.41) is 7.34. The van der Waals surface area contributed by atoms with E-state index in [9.17, 15) is 9.59 Å². The molecule has 9 heteroatoms. The number of carbonyl (C=O) groups excluding carboxylic acids is 2. The highest BCUT2D eigenvalue weighted by Crippen LogP contribution is 2.17. The lowest BCUT2D eigenvalue weighted by atomic mass is 10.1. The molecule has 0 unspecified atom stereocenters. The Morgan fingerprint density at radius 3 is 2.88 bits per heavy atom. The van der Waals surface area contributed by atoms with Crippen molar-refractivity contribution in [3.63, 3.8) is 0 Å². The number of halogens is 1. The summed E-state index contributed by atoms with van der Waals surface area (Å²) in [6.07, 6.45) is 1.57. The standard InChI is InChI=1S/C17H16ClN5O3/c1-10-6-7-19-17-21-15(22-23(10)17)16(25)26-9-14(24)20-11(2)12-4-3-5-13(18)8-12/h3-8,11H,9H2,1-2H3,(H,20,24)/t11-/m1/s1. The molecule has 0 aliphatic carbocycles. The van der Waals surface area contributed by atoms with Crippen LogP contribution in [-0.2, 0) is 9.53 Å². The monoisotopic (exact) mass is 373 g/mol. The highest BCUT2D eigenvalue weighted by molar-refractivity contribution is 6.30. The summed E-state index contributed by atoms with van der Waals surface area (Å²) in [5.41, 5.74) is 1.62. The number of rotatable bonds is 5. The van der Waals surface area contributed by atoms with Crippen LogP contribution in [0.3, 0.4) is 0 Å². The van der Waals surface area contributed by atoms with E-state index >= 15 is 0 Å². The van der Waals surface area contributed by atoms with Crippen LogP contribution in [0.4, 0.5) is 0 Å². The molecule has 0 saturated heterocycles. The first-order valence-corrected chi connectivity index (χ1v) is 8.22. The van der Waals surface area contributed by atoms with Crippen molar-refractivity contribution in [2.45, 2.75) is 19.9 Å². The molecule has 0 fully saturated rings. The molecule has 1 atom stereocenters. The largest absolute Gasteiger partial charge is 0.450 e. The van der Waals surface area contributed by atoms with Gasteiger partial charge in [-0.3, -0.25) is 4.79 Å². The zero-order valence-corrected chi connectivity index (χ0v) is 14.9.